The quantitative estimate of drug-likeness (QED) is 0.784. The third-order valence-corrected chi connectivity index (χ3v) is 4.80. The molecule has 0 bridgehead atoms. The lowest BCUT2D eigenvalue weighted by Gasteiger charge is -2.42. The molecule has 102 valence electrons. The van der Waals surface area contributed by atoms with Crippen molar-refractivity contribution in [1.29, 1.82) is 0 Å². The third-order valence-electron chi connectivity index (χ3n) is 4.80. The lowest BCUT2D eigenvalue weighted by atomic mass is 9.67. The molecule has 1 heterocycles. The SMILES string of the molecule is CC(C)C1CCN(C(=O)C2(C(=O)O)CCC2)CC1. The Hall–Kier alpha value is -1.06. The molecule has 1 amide bonds. The van der Waals surface area contributed by atoms with E-state index < -0.39 is 11.4 Å². The van der Waals surface area contributed by atoms with Crippen LogP contribution >= 0.6 is 0 Å². The lowest BCUT2D eigenvalue weighted by Crippen LogP contribution is -2.54. The van der Waals surface area contributed by atoms with Crippen LogP contribution in [0, 0.1) is 17.3 Å². The number of carboxylic acid groups (broad SMARTS) is 1. The van der Waals surface area contributed by atoms with Gasteiger partial charge >= 0.3 is 5.97 Å². The Kier molecular flexibility index (Phi) is 3.64. The topological polar surface area (TPSA) is 57.6 Å². The van der Waals surface area contributed by atoms with Gasteiger partial charge in [0.2, 0.25) is 5.91 Å². The molecule has 4 nitrogen and oxygen atoms in total. The van der Waals surface area contributed by atoms with Gasteiger partial charge in [0.1, 0.15) is 5.41 Å². The van der Waals surface area contributed by atoms with E-state index in [2.05, 4.69) is 13.8 Å². The van der Waals surface area contributed by atoms with Crippen LogP contribution in [-0.4, -0.2) is 35.0 Å². The summed E-state index contributed by atoms with van der Waals surface area (Å²) in [5.41, 5.74) is -1.08. The van der Waals surface area contributed by atoms with Crippen molar-refractivity contribution in [2.75, 3.05) is 13.1 Å². The van der Waals surface area contributed by atoms with Crippen molar-refractivity contribution in [3.63, 3.8) is 0 Å². The molecule has 0 unspecified atom stereocenters. The fourth-order valence-electron chi connectivity index (χ4n) is 3.12. The van der Waals surface area contributed by atoms with Gasteiger partial charge in [-0.15, -0.1) is 0 Å². The number of carbonyl (C=O) groups is 2. The van der Waals surface area contributed by atoms with E-state index in [9.17, 15) is 14.7 Å². The molecule has 18 heavy (non-hydrogen) atoms. The Morgan fingerprint density at radius 1 is 1.22 bits per heavy atom. The minimum absolute atomic E-state index is 0.136. The molecule has 0 spiro atoms. The molecule has 0 aromatic heterocycles. The second-order valence-electron chi connectivity index (χ2n) is 6.11. The number of rotatable bonds is 3. The first-order valence-electron chi connectivity index (χ1n) is 7.00. The van der Waals surface area contributed by atoms with Crippen molar-refractivity contribution in [3.8, 4) is 0 Å². The van der Waals surface area contributed by atoms with Crippen molar-refractivity contribution < 1.29 is 14.7 Å². The highest BCUT2D eigenvalue weighted by Crippen LogP contribution is 2.43. The van der Waals surface area contributed by atoms with Crippen molar-refractivity contribution in [1.82, 2.24) is 4.90 Å². The number of carbonyl (C=O) groups excluding carboxylic acids is 1. The fourth-order valence-corrected chi connectivity index (χ4v) is 3.12. The summed E-state index contributed by atoms with van der Waals surface area (Å²) in [5.74, 6) is 0.267. The monoisotopic (exact) mass is 253 g/mol. The van der Waals surface area contributed by atoms with Crippen molar-refractivity contribution in [3.05, 3.63) is 0 Å². The minimum Gasteiger partial charge on any atom is -0.480 e. The smallest absolute Gasteiger partial charge is 0.319 e. The van der Waals surface area contributed by atoms with Crippen molar-refractivity contribution in [2.45, 2.75) is 46.0 Å². The number of likely N-dealkylation sites (tertiary alicyclic amines) is 1. The highest BCUT2D eigenvalue weighted by Gasteiger charge is 2.53. The maximum atomic E-state index is 12.4. The maximum absolute atomic E-state index is 12.4. The zero-order valence-electron chi connectivity index (χ0n) is 11.3. The molecule has 2 rings (SSSR count). The lowest BCUT2D eigenvalue weighted by molar-refractivity contribution is -0.168. The molecule has 0 atom stereocenters. The molecule has 2 fully saturated rings. The largest absolute Gasteiger partial charge is 0.480 e. The Labute approximate surface area is 108 Å². The van der Waals surface area contributed by atoms with Gasteiger partial charge in [-0.25, -0.2) is 0 Å². The predicted octanol–water partition coefficient (Wildman–Crippen LogP) is 2.14. The fraction of sp³-hybridized carbons (Fsp3) is 0.857. The Balaban J connectivity index is 1.97. The molecule has 1 saturated carbocycles. The van der Waals surface area contributed by atoms with Gasteiger partial charge in [0.05, 0.1) is 0 Å². The summed E-state index contributed by atoms with van der Waals surface area (Å²) >= 11 is 0. The molecule has 0 aromatic rings. The van der Waals surface area contributed by atoms with E-state index in [-0.39, 0.29) is 5.91 Å². The first kappa shape index (κ1) is 13.4. The number of amides is 1. The number of piperidine rings is 1. The molecule has 1 aliphatic carbocycles. The van der Waals surface area contributed by atoms with Crippen LogP contribution in [0.15, 0.2) is 0 Å². The van der Waals surface area contributed by atoms with Crippen LogP contribution in [0.25, 0.3) is 0 Å². The van der Waals surface area contributed by atoms with Crippen LogP contribution in [0.5, 0.6) is 0 Å². The van der Waals surface area contributed by atoms with Crippen molar-refractivity contribution >= 4 is 11.9 Å². The number of nitrogens with zero attached hydrogens (tertiary/aromatic N) is 1. The Morgan fingerprint density at radius 2 is 1.78 bits per heavy atom. The summed E-state index contributed by atoms with van der Waals surface area (Å²) in [4.78, 5) is 25.5. The summed E-state index contributed by atoms with van der Waals surface area (Å²) in [5, 5.41) is 9.28. The van der Waals surface area contributed by atoms with Gasteiger partial charge in [0.25, 0.3) is 0 Å². The molecule has 0 radical (unpaired) electrons. The zero-order valence-corrected chi connectivity index (χ0v) is 11.3. The van der Waals surface area contributed by atoms with Crippen LogP contribution in [0.4, 0.5) is 0 Å². The van der Waals surface area contributed by atoms with Gasteiger partial charge in [-0.05, 0) is 37.5 Å². The number of hydrogen-bond donors (Lipinski definition) is 1. The van der Waals surface area contributed by atoms with E-state index >= 15 is 0 Å². The van der Waals surface area contributed by atoms with E-state index in [0.717, 1.165) is 32.4 Å². The molecule has 4 heteroatoms. The second-order valence-corrected chi connectivity index (χ2v) is 6.11. The first-order chi connectivity index (χ1) is 8.47. The summed E-state index contributed by atoms with van der Waals surface area (Å²) in [6, 6.07) is 0. The van der Waals surface area contributed by atoms with Crippen LogP contribution in [0.3, 0.4) is 0 Å². The molecule has 1 N–H and O–H groups in total. The van der Waals surface area contributed by atoms with Gasteiger partial charge in [-0.1, -0.05) is 20.3 Å². The second kappa shape index (κ2) is 4.90. The molecular weight excluding hydrogens is 230 g/mol. The zero-order chi connectivity index (χ0) is 13.3. The summed E-state index contributed by atoms with van der Waals surface area (Å²) in [6.45, 7) is 5.90. The Morgan fingerprint density at radius 3 is 2.11 bits per heavy atom. The number of carboxylic acids is 1. The summed E-state index contributed by atoms with van der Waals surface area (Å²) in [6.07, 6.45) is 3.93. The molecular formula is C14H23NO3. The molecule has 2 aliphatic rings. The highest BCUT2D eigenvalue weighted by molar-refractivity contribution is 6.02. The maximum Gasteiger partial charge on any atom is 0.319 e. The van der Waals surface area contributed by atoms with Crippen LogP contribution < -0.4 is 0 Å². The van der Waals surface area contributed by atoms with Gasteiger partial charge in [0, 0.05) is 13.1 Å². The van der Waals surface area contributed by atoms with Gasteiger partial charge in [-0.3, -0.25) is 9.59 Å². The normalized spacial score (nSPS) is 23.8. The van der Waals surface area contributed by atoms with E-state index in [1.165, 1.54) is 0 Å². The number of aliphatic carboxylic acids is 1. The van der Waals surface area contributed by atoms with Crippen LogP contribution in [0.2, 0.25) is 0 Å². The van der Waals surface area contributed by atoms with Crippen molar-refractivity contribution in [2.24, 2.45) is 17.3 Å². The molecule has 0 aromatic carbocycles. The van der Waals surface area contributed by atoms with E-state index in [0.29, 0.717) is 24.7 Å². The molecule has 1 saturated heterocycles. The standard InChI is InChI=1S/C14H23NO3/c1-10(2)11-4-8-15(9-5-11)12(16)14(13(17)18)6-3-7-14/h10-11H,3-9H2,1-2H3,(H,17,18). The summed E-state index contributed by atoms with van der Waals surface area (Å²) < 4.78 is 0. The highest BCUT2D eigenvalue weighted by atomic mass is 16.4. The minimum atomic E-state index is -1.08. The Bertz CT molecular complexity index is 339. The summed E-state index contributed by atoms with van der Waals surface area (Å²) in [7, 11) is 0. The van der Waals surface area contributed by atoms with Gasteiger partial charge in [0.15, 0.2) is 0 Å². The predicted molar refractivity (Wildman–Crippen MR) is 68.1 cm³/mol. The average Bonchev–Trinajstić information content (AvgIpc) is 2.27. The average molecular weight is 253 g/mol. The van der Waals surface area contributed by atoms with E-state index in [1.54, 1.807) is 4.90 Å². The molecule has 1 aliphatic heterocycles. The third kappa shape index (κ3) is 2.13. The van der Waals surface area contributed by atoms with E-state index in [1.807, 2.05) is 0 Å². The number of hydrogen-bond acceptors (Lipinski definition) is 2. The van der Waals surface area contributed by atoms with E-state index in [4.69, 9.17) is 0 Å². The van der Waals surface area contributed by atoms with Crippen LogP contribution in [-0.2, 0) is 9.59 Å². The van der Waals surface area contributed by atoms with Crippen LogP contribution in [0.1, 0.15) is 46.0 Å². The van der Waals surface area contributed by atoms with Gasteiger partial charge < -0.3 is 10.0 Å². The van der Waals surface area contributed by atoms with Gasteiger partial charge in [-0.2, -0.15) is 0 Å². The first-order valence-corrected chi connectivity index (χ1v) is 7.00.